The van der Waals surface area contributed by atoms with E-state index >= 15 is 0 Å². The van der Waals surface area contributed by atoms with Gasteiger partial charge < -0.3 is 0 Å². The topological polar surface area (TPSA) is 12.4 Å². The van der Waals surface area contributed by atoms with Gasteiger partial charge in [-0.3, -0.25) is 4.99 Å². The van der Waals surface area contributed by atoms with E-state index in [1.54, 1.807) is 6.08 Å². The Bertz CT molecular complexity index is 219. The number of hydrogen-bond acceptors (Lipinski definition) is 1. The fourth-order valence-corrected chi connectivity index (χ4v) is 0.722. The number of aliphatic imine (C=N–C) groups is 1. The third kappa shape index (κ3) is 5.34. The van der Waals surface area contributed by atoms with E-state index in [4.69, 9.17) is 0 Å². The average molecular weight is 149 g/mol. The first-order valence-electron chi connectivity index (χ1n) is 3.58. The lowest BCUT2D eigenvalue weighted by Gasteiger charge is -1.93. The summed E-state index contributed by atoms with van der Waals surface area (Å²) in [5.74, 6) is 0. The predicted octanol–water partition coefficient (Wildman–Crippen LogP) is 3.11. The minimum absolute atomic E-state index is 0.829. The average Bonchev–Trinajstić information content (AvgIpc) is 1.85. The fourth-order valence-electron chi connectivity index (χ4n) is 0.722. The Hall–Kier alpha value is -1.11. The standard InChI is InChI=1S/C10H15N/c1-6-9(4)7-10(5)11-8(2)3/h6-7H,1-2H2,3-5H3/b9-7-,11-10-. The molecule has 11 heavy (non-hydrogen) atoms. The summed E-state index contributed by atoms with van der Waals surface area (Å²) in [6.45, 7) is 13.1. The van der Waals surface area contributed by atoms with Gasteiger partial charge in [-0.1, -0.05) is 19.2 Å². The van der Waals surface area contributed by atoms with E-state index in [1.807, 2.05) is 26.8 Å². The van der Waals surface area contributed by atoms with Gasteiger partial charge in [-0.25, -0.2) is 0 Å². The smallest absolute Gasteiger partial charge is 0.0378 e. The van der Waals surface area contributed by atoms with Crippen molar-refractivity contribution in [2.75, 3.05) is 0 Å². The minimum atomic E-state index is 0.829. The molecular formula is C10H15N. The van der Waals surface area contributed by atoms with E-state index in [1.165, 1.54) is 0 Å². The quantitative estimate of drug-likeness (QED) is 0.432. The van der Waals surface area contributed by atoms with Gasteiger partial charge in [0.25, 0.3) is 0 Å². The molecule has 0 unspecified atom stereocenters. The molecule has 0 aromatic heterocycles. The molecule has 0 bridgehead atoms. The maximum atomic E-state index is 4.16. The fraction of sp³-hybridized carbons (Fsp3) is 0.300. The Labute approximate surface area is 68.9 Å². The zero-order valence-corrected chi connectivity index (χ0v) is 7.52. The van der Waals surface area contributed by atoms with Crippen LogP contribution in [0.1, 0.15) is 20.8 Å². The van der Waals surface area contributed by atoms with E-state index in [-0.39, 0.29) is 0 Å². The largest absolute Gasteiger partial charge is 0.259 e. The second kappa shape index (κ2) is 4.67. The zero-order chi connectivity index (χ0) is 8.85. The van der Waals surface area contributed by atoms with Crippen molar-refractivity contribution in [2.24, 2.45) is 4.99 Å². The number of hydrogen-bond donors (Lipinski definition) is 0. The van der Waals surface area contributed by atoms with Crippen molar-refractivity contribution >= 4 is 5.71 Å². The van der Waals surface area contributed by atoms with E-state index in [0.29, 0.717) is 0 Å². The van der Waals surface area contributed by atoms with Crippen LogP contribution in [0.5, 0.6) is 0 Å². The zero-order valence-electron chi connectivity index (χ0n) is 7.52. The molecular weight excluding hydrogens is 134 g/mol. The minimum Gasteiger partial charge on any atom is -0.259 e. The van der Waals surface area contributed by atoms with Crippen LogP contribution in [-0.4, -0.2) is 5.71 Å². The summed E-state index contributed by atoms with van der Waals surface area (Å²) in [5.41, 5.74) is 2.91. The maximum Gasteiger partial charge on any atom is 0.0378 e. The monoisotopic (exact) mass is 149 g/mol. The van der Waals surface area contributed by atoms with E-state index in [2.05, 4.69) is 18.2 Å². The first kappa shape index (κ1) is 9.89. The van der Waals surface area contributed by atoms with Crippen LogP contribution in [0, 0.1) is 0 Å². The highest BCUT2D eigenvalue weighted by atomic mass is 14.7. The summed E-state index contributed by atoms with van der Waals surface area (Å²) < 4.78 is 0. The van der Waals surface area contributed by atoms with Gasteiger partial charge >= 0.3 is 0 Å². The third-order valence-electron chi connectivity index (χ3n) is 1.13. The Balaban J connectivity index is 4.38. The predicted molar refractivity (Wildman–Crippen MR) is 51.9 cm³/mol. The van der Waals surface area contributed by atoms with Gasteiger partial charge in [0.15, 0.2) is 0 Å². The molecule has 0 fully saturated rings. The van der Waals surface area contributed by atoms with Crippen LogP contribution in [0.15, 0.2) is 41.6 Å². The first-order valence-corrected chi connectivity index (χ1v) is 3.58. The molecule has 0 spiro atoms. The highest BCUT2D eigenvalue weighted by Gasteiger charge is 1.85. The highest BCUT2D eigenvalue weighted by Crippen LogP contribution is 1.97. The molecule has 0 atom stereocenters. The second-order valence-corrected chi connectivity index (χ2v) is 2.58. The van der Waals surface area contributed by atoms with Crippen molar-refractivity contribution in [1.82, 2.24) is 0 Å². The molecule has 1 nitrogen and oxygen atoms in total. The Kier molecular flexibility index (Phi) is 4.20. The van der Waals surface area contributed by atoms with Gasteiger partial charge in [-0.15, -0.1) is 0 Å². The molecule has 60 valence electrons. The van der Waals surface area contributed by atoms with Crippen molar-refractivity contribution in [1.29, 1.82) is 0 Å². The van der Waals surface area contributed by atoms with Crippen LogP contribution in [0.25, 0.3) is 0 Å². The molecule has 0 amide bonds. The number of nitrogens with zero attached hydrogens (tertiary/aromatic N) is 1. The van der Waals surface area contributed by atoms with Gasteiger partial charge in [-0.05, 0) is 32.4 Å². The third-order valence-corrected chi connectivity index (χ3v) is 1.13. The van der Waals surface area contributed by atoms with Crippen molar-refractivity contribution in [3.05, 3.63) is 36.6 Å². The molecule has 0 heterocycles. The number of allylic oxidation sites excluding steroid dienone is 4. The molecule has 0 radical (unpaired) electrons. The van der Waals surface area contributed by atoms with Gasteiger partial charge in [0, 0.05) is 11.4 Å². The van der Waals surface area contributed by atoms with Crippen LogP contribution in [0.2, 0.25) is 0 Å². The molecule has 0 N–H and O–H groups in total. The van der Waals surface area contributed by atoms with Crippen molar-refractivity contribution in [3.8, 4) is 0 Å². The Morgan fingerprint density at radius 1 is 1.27 bits per heavy atom. The van der Waals surface area contributed by atoms with Crippen LogP contribution < -0.4 is 0 Å². The molecule has 1 heteroatoms. The van der Waals surface area contributed by atoms with Crippen molar-refractivity contribution in [2.45, 2.75) is 20.8 Å². The molecule has 0 aromatic carbocycles. The van der Waals surface area contributed by atoms with E-state index < -0.39 is 0 Å². The molecule has 0 rings (SSSR count). The molecule has 0 saturated heterocycles. The van der Waals surface area contributed by atoms with E-state index in [0.717, 1.165) is 17.0 Å². The van der Waals surface area contributed by atoms with Crippen molar-refractivity contribution in [3.63, 3.8) is 0 Å². The molecule has 0 aliphatic carbocycles. The van der Waals surface area contributed by atoms with Crippen LogP contribution in [0.4, 0.5) is 0 Å². The molecule has 0 aliphatic heterocycles. The lowest BCUT2D eigenvalue weighted by atomic mass is 10.2. The number of rotatable bonds is 3. The lowest BCUT2D eigenvalue weighted by Crippen LogP contribution is -1.85. The molecule has 0 aromatic rings. The van der Waals surface area contributed by atoms with Gasteiger partial charge in [0.1, 0.15) is 0 Å². The molecule has 0 aliphatic rings. The maximum absolute atomic E-state index is 4.16. The Morgan fingerprint density at radius 2 is 1.82 bits per heavy atom. The van der Waals surface area contributed by atoms with Crippen molar-refractivity contribution < 1.29 is 0 Å². The SMILES string of the molecule is C=C/C(C)=C\C(C)=N/C(=C)C. The summed E-state index contributed by atoms with van der Waals surface area (Å²) in [6, 6.07) is 0. The van der Waals surface area contributed by atoms with E-state index in [9.17, 15) is 0 Å². The molecule has 0 saturated carbocycles. The highest BCUT2D eigenvalue weighted by molar-refractivity contribution is 5.94. The summed E-state index contributed by atoms with van der Waals surface area (Å²) in [5, 5.41) is 0. The normalized spacial score (nSPS) is 13.0. The van der Waals surface area contributed by atoms with Crippen LogP contribution in [0.3, 0.4) is 0 Å². The Morgan fingerprint density at radius 3 is 2.18 bits per heavy atom. The second-order valence-electron chi connectivity index (χ2n) is 2.58. The summed E-state index contributed by atoms with van der Waals surface area (Å²) >= 11 is 0. The summed E-state index contributed by atoms with van der Waals surface area (Å²) in [7, 11) is 0. The first-order chi connectivity index (χ1) is 5.06. The lowest BCUT2D eigenvalue weighted by molar-refractivity contribution is 1.32. The summed E-state index contributed by atoms with van der Waals surface area (Å²) in [6.07, 6.45) is 3.78. The van der Waals surface area contributed by atoms with Gasteiger partial charge in [0.05, 0.1) is 0 Å². The van der Waals surface area contributed by atoms with Crippen LogP contribution >= 0.6 is 0 Å². The van der Waals surface area contributed by atoms with Crippen LogP contribution in [-0.2, 0) is 0 Å². The van der Waals surface area contributed by atoms with Gasteiger partial charge in [0.2, 0.25) is 0 Å². The van der Waals surface area contributed by atoms with Gasteiger partial charge in [-0.2, -0.15) is 0 Å². The summed E-state index contributed by atoms with van der Waals surface area (Å²) in [4.78, 5) is 4.16.